The maximum Gasteiger partial charge on any atom is 0.223 e. The molecule has 0 spiro atoms. The van der Waals surface area contributed by atoms with Gasteiger partial charge in [-0.25, -0.2) is 0 Å². The highest BCUT2D eigenvalue weighted by atomic mass is 16.2. The van der Waals surface area contributed by atoms with Crippen LogP contribution in [-0.2, 0) is 4.79 Å². The van der Waals surface area contributed by atoms with Crippen LogP contribution in [0.15, 0.2) is 0 Å². The highest BCUT2D eigenvalue weighted by Gasteiger charge is 2.51. The highest BCUT2D eigenvalue weighted by Crippen LogP contribution is 2.51. The number of rotatable bonds is 3. The molecule has 3 nitrogen and oxygen atoms in total. The normalized spacial score (nSPS) is 25.9. The van der Waals surface area contributed by atoms with Crippen molar-refractivity contribution in [2.24, 2.45) is 22.5 Å². The van der Waals surface area contributed by atoms with Gasteiger partial charge in [-0.05, 0) is 17.3 Å². The molecule has 1 saturated carbocycles. The van der Waals surface area contributed by atoms with Crippen molar-refractivity contribution in [1.82, 2.24) is 5.32 Å². The molecule has 1 aliphatic rings. The SMILES string of the molecule is CC(C)(C)C(CN)NC(=O)C1CC1(C)C. The van der Waals surface area contributed by atoms with E-state index in [-0.39, 0.29) is 28.7 Å². The molecule has 0 aliphatic heterocycles. The zero-order valence-electron chi connectivity index (χ0n) is 10.6. The summed E-state index contributed by atoms with van der Waals surface area (Å²) in [6, 6.07) is 0.0707. The van der Waals surface area contributed by atoms with E-state index in [1.165, 1.54) is 0 Å². The van der Waals surface area contributed by atoms with Gasteiger partial charge in [0.1, 0.15) is 0 Å². The van der Waals surface area contributed by atoms with Crippen molar-refractivity contribution in [3.63, 3.8) is 0 Å². The molecule has 1 amide bonds. The van der Waals surface area contributed by atoms with Gasteiger partial charge in [-0.1, -0.05) is 34.6 Å². The first kappa shape index (κ1) is 12.5. The number of hydrogen-bond donors (Lipinski definition) is 2. The van der Waals surface area contributed by atoms with Crippen LogP contribution in [0.25, 0.3) is 0 Å². The van der Waals surface area contributed by atoms with Gasteiger partial charge in [-0.2, -0.15) is 0 Å². The van der Waals surface area contributed by atoms with Crippen LogP contribution in [0.5, 0.6) is 0 Å². The monoisotopic (exact) mass is 212 g/mol. The fourth-order valence-corrected chi connectivity index (χ4v) is 1.82. The second kappa shape index (κ2) is 3.78. The van der Waals surface area contributed by atoms with Crippen LogP contribution in [0.2, 0.25) is 0 Å². The minimum absolute atomic E-state index is 0.0312. The number of amides is 1. The van der Waals surface area contributed by atoms with Gasteiger partial charge in [0.15, 0.2) is 0 Å². The van der Waals surface area contributed by atoms with Crippen molar-refractivity contribution in [1.29, 1.82) is 0 Å². The van der Waals surface area contributed by atoms with E-state index >= 15 is 0 Å². The highest BCUT2D eigenvalue weighted by molar-refractivity contribution is 5.82. The quantitative estimate of drug-likeness (QED) is 0.745. The summed E-state index contributed by atoms with van der Waals surface area (Å²) in [5.41, 5.74) is 5.91. The Morgan fingerprint density at radius 3 is 2.27 bits per heavy atom. The molecular weight excluding hydrogens is 188 g/mol. The van der Waals surface area contributed by atoms with Crippen molar-refractivity contribution < 1.29 is 4.79 Å². The van der Waals surface area contributed by atoms with Gasteiger partial charge >= 0.3 is 0 Å². The van der Waals surface area contributed by atoms with Gasteiger partial charge in [-0.3, -0.25) is 4.79 Å². The van der Waals surface area contributed by atoms with E-state index in [1.54, 1.807) is 0 Å². The first-order valence-corrected chi connectivity index (χ1v) is 5.69. The Bertz CT molecular complexity index is 253. The van der Waals surface area contributed by atoms with E-state index in [4.69, 9.17) is 5.73 Å². The van der Waals surface area contributed by atoms with Crippen molar-refractivity contribution in [3.05, 3.63) is 0 Å². The van der Waals surface area contributed by atoms with E-state index in [0.29, 0.717) is 6.54 Å². The van der Waals surface area contributed by atoms with E-state index in [9.17, 15) is 4.79 Å². The van der Waals surface area contributed by atoms with Crippen molar-refractivity contribution in [2.75, 3.05) is 6.54 Å². The summed E-state index contributed by atoms with van der Waals surface area (Å²) in [5, 5.41) is 3.06. The van der Waals surface area contributed by atoms with Gasteiger partial charge < -0.3 is 11.1 Å². The Morgan fingerprint density at radius 2 is 2.00 bits per heavy atom. The molecule has 88 valence electrons. The number of hydrogen-bond acceptors (Lipinski definition) is 2. The third-order valence-electron chi connectivity index (χ3n) is 3.43. The average molecular weight is 212 g/mol. The lowest BCUT2D eigenvalue weighted by Gasteiger charge is -2.30. The predicted octanol–water partition coefficient (Wildman–Crippen LogP) is 1.52. The Hall–Kier alpha value is -0.570. The molecule has 1 rings (SSSR count). The Labute approximate surface area is 92.8 Å². The van der Waals surface area contributed by atoms with Gasteiger partial charge in [0.05, 0.1) is 0 Å². The molecule has 0 bridgehead atoms. The lowest BCUT2D eigenvalue weighted by Crippen LogP contribution is -2.49. The zero-order valence-corrected chi connectivity index (χ0v) is 10.6. The average Bonchev–Trinajstić information content (AvgIpc) is 2.68. The fraction of sp³-hybridized carbons (Fsp3) is 0.917. The van der Waals surface area contributed by atoms with E-state index in [2.05, 4.69) is 39.9 Å². The van der Waals surface area contributed by atoms with Crippen LogP contribution in [-0.4, -0.2) is 18.5 Å². The summed E-state index contributed by atoms with van der Waals surface area (Å²) in [4.78, 5) is 11.9. The van der Waals surface area contributed by atoms with Crippen LogP contribution < -0.4 is 11.1 Å². The summed E-state index contributed by atoms with van der Waals surface area (Å²) >= 11 is 0. The van der Waals surface area contributed by atoms with E-state index < -0.39 is 0 Å². The Balaban J connectivity index is 2.51. The number of carbonyl (C=O) groups excluding carboxylic acids is 1. The van der Waals surface area contributed by atoms with Crippen LogP contribution in [0, 0.1) is 16.7 Å². The molecule has 0 aromatic rings. The Kier molecular flexibility index (Phi) is 3.15. The molecular formula is C12H24N2O. The second-order valence-electron chi connectivity index (χ2n) is 6.41. The number of nitrogens with two attached hydrogens (primary N) is 1. The van der Waals surface area contributed by atoms with Crippen LogP contribution >= 0.6 is 0 Å². The molecule has 0 aromatic heterocycles. The predicted molar refractivity (Wildman–Crippen MR) is 62.3 cm³/mol. The lowest BCUT2D eigenvalue weighted by molar-refractivity contribution is -0.124. The smallest absolute Gasteiger partial charge is 0.223 e. The largest absolute Gasteiger partial charge is 0.351 e. The summed E-state index contributed by atoms with van der Waals surface area (Å²) in [7, 11) is 0. The van der Waals surface area contributed by atoms with Crippen LogP contribution in [0.3, 0.4) is 0 Å². The van der Waals surface area contributed by atoms with E-state index in [1.807, 2.05) is 0 Å². The van der Waals surface area contributed by atoms with Crippen molar-refractivity contribution in [3.8, 4) is 0 Å². The standard InChI is InChI=1S/C12H24N2O/c1-11(2,3)9(7-13)14-10(15)8-6-12(8,4)5/h8-9H,6-7,13H2,1-5H3,(H,14,15). The first-order chi connectivity index (χ1) is 6.68. The molecule has 0 aromatic carbocycles. The second-order valence-corrected chi connectivity index (χ2v) is 6.41. The van der Waals surface area contributed by atoms with Gasteiger partial charge in [-0.15, -0.1) is 0 Å². The van der Waals surface area contributed by atoms with Crippen molar-refractivity contribution >= 4 is 5.91 Å². The minimum Gasteiger partial charge on any atom is -0.351 e. The Morgan fingerprint density at radius 1 is 1.53 bits per heavy atom. The molecule has 1 fully saturated rings. The minimum atomic E-state index is 0.0312. The third-order valence-corrected chi connectivity index (χ3v) is 3.43. The molecule has 15 heavy (non-hydrogen) atoms. The van der Waals surface area contributed by atoms with Crippen molar-refractivity contribution in [2.45, 2.75) is 47.1 Å². The molecule has 3 N–H and O–H groups in total. The van der Waals surface area contributed by atoms with E-state index in [0.717, 1.165) is 6.42 Å². The zero-order chi connectivity index (χ0) is 11.9. The molecule has 2 unspecified atom stereocenters. The summed E-state index contributed by atoms with van der Waals surface area (Å²) < 4.78 is 0. The number of nitrogens with one attached hydrogen (secondary N) is 1. The molecule has 0 radical (unpaired) electrons. The molecule has 3 heteroatoms. The van der Waals surface area contributed by atoms with Gasteiger partial charge in [0.2, 0.25) is 5.91 Å². The third kappa shape index (κ3) is 2.94. The first-order valence-electron chi connectivity index (χ1n) is 5.69. The lowest BCUT2D eigenvalue weighted by atomic mass is 9.86. The van der Waals surface area contributed by atoms with Crippen LogP contribution in [0.1, 0.15) is 41.0 Å². The molecule has 1 aliphatic carbocycles. The molecule has 0 saturated heterocycles. The molecule has 2 atom stereocenters. The molecule has 0 heterocycles. The fourth-order valence-electron chi connectivity index (χ4n) is 1.82. The summed E-state index contributed by atoms with van der Waals surface area (Å²) in [6.45, 7) is 11.1. The summed E-state index contributed by atoms with van der Waals surface area (Å²) in [6.07, 6.45) is 1.00. The van der Waals surface area contributed by atoms with Gasteiger partial charge in [0.25, 0.3) is 0 Å². The maximum absolute atomic E-state index is 11.9. The summed E-state index contributed by atoms with van der Waals surface area (Å²) in [5.74, 6) is 0.360. The van der Waals surface area contributed by atoms with Crippen LogP contribution in [0.4, 0.5) is 0 Å². The van der Waals surface area contributed by atoms with Gasteiger partial charge in [0, 0.05) is 18.5 Å². The maximum atomic E-state index is 11.9. The topological polar surface area (TPSA) is 55.1 Å². The number of carbonyl (C=O) groups is 1.